The van der Waals surface area contributed by atoms with E-state index in [1.165, 1.54) is 0 Å². The molecule has 0 amide bonds. The lowest BCUT2D eigenvalue weighted by Crippen LogP contribution is -2.54. The predicted molar refractivity (Wildman–Crippen MR) is 106 cm³/mol. The zero-order valence-electron chi connectivity index (χ0n) is 17.7. The molecule has 1 fully saturated rings. The lowest BCUT2D eigenvalue weighted by atomic mass is 10.1. The van der Waals surface area contributed by atoms with E-state index in [-0.39, 0.29) is 41.1 Å². The molecule has 1 aliphatic heterocycles. The van der Waals surface area contributed by atoms with Crippen LogP contribution in [0, 0.1) is 0 Å². The molecule has 0 radical (unpaired) electrons. The third-order valence-corrected chi connectivity index (χ3v) is 15.1. The Balaban J connectivity index is 3.08. The molecule has 0 saturated carbocycles. The maximum Gasteiger partial charge on any atom is 0.192 e. The molecule has 4 nitrogen and oxygen atoms in total. The van der Waals surface area contributed by atoms with Crippen LogP contribution in [0.25, 0.3) is 0 Å². The van der Waals surface area contributed by atoms with Crippen molar-refractivity contribution in [2.45, 2.75) is 109 Å². The van der Waals surface area contributed by atoms with Crippen LogP contribution in [0.5, 0.6) is 0 Å². The van der Waals surface area contributed by atoms with Gasteiger partial charge in [0.1, 0.15) is 12.2 Å². The summed E-state index contributed by atoms with van der Waals surface area (Å²) in [4.78, 5) is 0. The van der Waals surface area contributed by atoms with E-state index in [2.05, 4.69) is 67.7 Å². The molecule has 24 heavy (non-hydrogen) atoms. The minimum Gasteiger partial charge on any atom is -0.409 e. The fourth-order valence-corrected chi connectivity index (χ4v) is 5.08. The van der Waals surface area contributed by atoms with Gasteiger partial charge < -0.3 is 18.7 Å². The van der Waals surface area contributed by atoms with E-state index in [4.69, 9.17) is 13.6 Å². The quantitative estimate of drug-likeness (QED) is 0.715. The Morgan fingerprint density at radius 1 is 0.833 bits per heavy atom. The second kappa shape index (κ2) is 7.12. The zero-order chi connectivity index (χ0) is 19.1. The highest BCUT2D eigenvalue weighted by Crippen LogP contribution is 2.43. The van der Waals surface area contributed by atoms with Crippen molar-refractivity contribution >= 4 is 16.6 Å². The SMILES string of the molecule is C[C@@H]1O[C@H](CO)[C@@H](O[Si](C)(C)C(C)(C)C)[C@@H]1O[Si](C)(C)C(C)(C)C. The van der Waals surface area contributed by atoms with Crippen LogP contribution >= 0.6 is 0 Å². The van der Waals surface area contributed by atoms with Crippen molar-refractivity contribution in [3.63, 3.8) is 0 Å². The summed E-state index contributed by atoms with van der Waals surface area (Å²) < 4.78 is 19.3. The molecule has 0 aromatic carbocycles. The number of hydrogen-bond acceptors (Lipinski definition) is 4. The van der Waals surface area contributed by atoms with Gasteiger partial charge in [-0.1, -0.05) is 41.5 Å². The summed E-state index contributed by atoms with van der Waals surface area (Å²) in [6, 6.07) is 0. The summed E-state index contributed by atoms with van der Waals surface area (Å²) in [7, 11) is -3.92. The van der Waals surface area contributed by atoms with E-state index in [0.717, 1.165) is 0 Å². The van der Waals surface area contributed by atoms with Crippen LogP contribution in [-0.2, 0) is 13.6 Å². The van der Waals surface area contributed by atoms with Crippen LogP contribution in [0.15, 0.2) is 0 Å². The molecule has 1 heterocycles. The van der Waals surface area contributed by atoms with Gasteiger partial charge in [0.2, 0.25) is 0 Å². The first-order chi connectivity index (χ1) is 10.5. The lowest BCUT2D eigenvalue weighted by Gasteiger charge is -2.44. The molecular weight excluding hydrogens is 336 g/mol. The van der Waals surface area contributed by atoms with Gasteiger partial charge in [-0.15, -0.1) is 0 Å². The summed E-state index contributed by atoms with van der Waals surface area (Å²) in [6.07, 6.45) is -0.674. The van der Waals surface area contributed by atoms with E-state index in [0.29, 0.717) is 0 Å². The molecule has 1 aliphatic rings. The molecule has 4 atom stereocenters. The fraction of sp³-hybridized carbons (Fsp3) is 1.00. The first kappa shape index (κ1) is 22.3. The van der Waals surface area contributed by atoms with Gasteiger partial charge in [-0.25, -0.2) is 0 Å². The topological polar surface area (TPSA) is 47.9 Å². The van der Waals surface area contributed by atoms with Crippen LogP contribution in [0.4, 0.5) is 0 Å². The minimum absolute atomic E-state index is 0.0268. The molecule has 0 aliphatic carbocycles. The highest BCUT2D eigenvalue weighted by molar-refractivity contribution is 6.74. The highest BCUT2D eigenvalue weighted by Gasteiger charge is 2.52. The fourth-order valence-electron chi connectivity index (χ4n) is 2.40. The van der Waals surface area contributed by atoms with E-state index in [9.17, 15) is 5.11 Å². The van der Waals surface area contributed by atoms with Gasteiger partial charge in [0.05, 0.1) is 18.8 Å². The Hall–Kier alpha value is 0.274. The molecule has 0 aromatic rings. The van der Waals surface area contributed by atoms with E-state index < -0.39 is 16.6 Å². The average Bonchev–Trinajstić information content (AvgIpc) is 2.63. The van der Waals surface area contributed by atoms with Crippen molar-refractivity contribution in [3.05, 3.63) is 0 Å². The van der Waals surface area contributed by atoms with Crippen molar-refractivity contribution in [1.82, 2.24) is 0 Å². The Kier molecular flexibility index (Phi) is 6.62. The normalized spacial score (nSPS) is 30.0. The largest absolute Gasteiger partial charge is 0.409 e. The van der Waals surface area contributed by atoms with Gasteiger partial charge in [-0.05, 0) is 43.2 Å². The summed E-state index contributed by atoms with van der Waals surface area (Å²) in [5, 5.41) is 10.0. The number of ether oxygens (including phenoxy) is 1. The molecule has 1 saturated heterocycles. The zero-order valence-corrected chi connectivity index (χ0v) is 19.7. The molecule has 0 bridgehead atoms. The second-order valence-corrected chi connectivity index (χ2v) is 19.8. The van der Waals surface area contributed by atoms with Gasteiger partial charge >= 0.3 is 0 Å². The summed E-state index contributed by atoms with van der Waals surface area (Å²) >= 11 is 0. The predicted octanol–water partition coefficient (Wildman–Crippen LogP) is 4.55. The molecule has 144 valence electrons. The van der Waals surface area contributed by atoms with Gasteiger partial charge in [-0.3, -0.25) is 0 Å². The average molecular weight is 377 g/mol. The van der Waals surface area contributed by atoms with Gasteiger partial charge in [0.15, 0.2) is 16.6 Å². The second-order valence-electron chi connectivity index (χ2n) is 10.2. The monoisotopic (exact) mass is 376 g/mol. The number of aliphatic hydroxyl groups excluding tert-OH is 1. The highest BCUT2D eigenvalue weighted by atomic mass is 28.4. The summed E-state index contributed by atoms with van der Waals surface area (Å²) in [5.41, 5.74) is 0. The van der Waals surface area contributed by atoms with Crippen LogP contribution in [0.2, 0.25) is 36.3 Å². The van der Waals surface area contributed by atoms with Crippen LogP contribution in [0.1, 0.15) is 48.5 Å². The lowest BCUT2D eigenvalue weighted by molar-refractivity contribution is -0.0138. The Bertz CT molecular complexity index is 424. The van der Waals surface area contributed by atoms with Crippen LogP contribution in [0.3, 0.4) is 0 Å². The first-order valence-corrected chi connectivity index (χ1v) is 15.0. The van der Waals surface area contributed by atoms with Gasteiger partial charge in [0, 0.05) is 0 Å². The first-order valence-electron chi connectivity index (χ1n) is 9.15. The smallest absolute Gasteiger partial charge is 0.192 e. The summed E-state index contributed by atoms with van der Waals surface area (Å²) in [5.74, 6) is 0. The van der Waals surface area contributed by atoms with Gasteiger partial charge in [-0.2, -0.15) is 0 Å². The molecule has 0 unspecified atom stereocenters. The van der Waals surface area contributed by atoms with E-state index in [1.54, 1.807) is 0 Å². The van der Waals surface area contributed by atoms with Crippen LogP contribution in [-0.4, -0.2) is 52.8 Å². The molecule has 6 heteroatoms. The number of hydrogen-bond donors (Lipinski definition) is 1. The van der Waals surface area contributed by atoms with Crippen molar-refractivity contribution in [3.8, 4) is 0 Å². The Morgan fingerprint density at radius 2 is 1.21 bits per heavy atom. The van der Waals surface area contributed by atoms with Crippen molar-refractivity contribution in [2.24, 2.45) is 0 Å². The summed E-state index contributed by atoms with van der Waals surface area (Å²) in [6.45, 7) is 24.4. The van der Waals surface area contributed by atoms with Crippen molar-refractivity contribution < 1.29 is 18.7 Å². The Labute approximate surface area is 151 Å². The maximum absolute atomic E-state index is 9.80. The molecule has 0 spiro atoms. The number of aliphatic hydroxyl groups is 1. The van der Waals surface area contributed by atoms with E-state index in [1.807, 2.05) is 6.92 Å². The van der Waals surface area contributed by atoms with E-state index >= 15 is 0 Å². The third kappa shape index (κ3) is 4.71. The van der Waals surface area contributed by atoms with Crippen molar-refractivity contribution in [2.75, 3.05) is 6.61 Å². The third-order valence-electron chi connectivity index (χ3n) is 6.20. The standard InChI is InChI=1S/C18H40O4Si2/c1-13-15(21-23(8,9)17(2,3)4)16(14(12-19)20-13)22-24(10,11)18(5,6)7/h13-16,19H,12H2,1-11H3/t13-,14+,15+,16+/m0/s1. The molecule has 0 aromatic heterocycles. The minimum atomic E-state index is -1.98. The Morgan fingerprint density at radius 3 is 1.54 bits per heavy atom. The molecular formula is C18H40O4Si2. The maximum atomic E-state index is 9.80. The van der Waals surface area contributed by atoms with Crippen molar-refractivity contribution in [1.29, 1.82) is 0 Å². The van der Waals surface area contributed by atoms with Gasteiger partial charge in [0.25, 0.3) is 0 Å². The number of rotatable bonds is 5. The van der Waals surface area contributed by atoms with Crippen LogP contribution < -0.4 is 0 Å². The molecule has 1 rings (SSSR count). The molecule has 1 N–H and O–H groups in total.